The second kappa shape index (κ2) is 4.47. The third-order valence-electron chi connectivity index (χ3n) is 2.98. The smallest absolute Gasteiger partial charge is 0.136 e. The summed E-state index contributed by atoms with van der Waals surface area (Å²) in [6, 6.07) is 2.07. The Kier molecular flexibility index (Phi) is 3.26. The highest BCUT2D eigenvalue weighted by Crippen LogP contribution is 2.37. The van der Waals surface area contributed by atoms with Crippen molar-refractivity contribution in [3.05, 3.63) is 22.6 Å². The molecule has 0 radical (unpaired) electrons. The Bertz CT molecular complexity index is 294. The summed E-state index contributed by atoms with van der Waals surface area (Å²) >= 11 is 3.47. The van der Waals surface area contributed by atoms with E-state index in [1.165, 1.54) is 25.7 Å². The molecule has 1 unspecified atom stereocenters. The first-order valence-electron chi connectivity index (χ1n) is 5.02. The number of rotatable bonds is 3. The lowest BCUT2D eigenvalue weighted by Crippen LogP contribution is -2.32. The predicted molar refractivity (Wildman–Crippen MR) is 58.4 cm³/mol. The van der Waals surface area contributed by atoms with E-state index in [1.54, 1.807) is 6.26 Å². The molecule has 1 atom stereocenters. The number of halogens is 1. The summed E-state index contributed by atoms with van der Waals surface area (Å²) in [5.74, 6) is 7.13. The van der Waals surface area contributed by atoms with Crippen molar-refractivity contribution in [1.82, 2.24) is 5.43 Å². The summed E-state index contributed by atoms with van der Waals surface area (Å²) in [7, 11) is 0. The summed E-state index contributed by atoms with van der Waals surface area (Å²) in [5, 5.41) is 0. The molecule has 0 spiro atoms. The van der Waals surface area contributed by atoms with Gasteiger partial charge < -0.3 is 4.42 Å². The number of hydrogen-bond donors (Lipinski definition) is 2. The van der Waals surface area contributed by atoms with Crippen molar-refractivity contribution >= 4 is 15.9 Å². The van der Waals surface area contributed by atoms with Gasteiger partial charge in [-0.15, -0.1) is 0 Å². The topological polar surface area (TPSA) is 51.2 Å². The van der Waals surface area contributed by atoms with Gasteiger partial charge in [0.1, 0.15) is 5.76 Å². The fraction of sp³-hybridized carbons (Fsp3) is 0.600. The quantitative estimate of drug-likeness (QED) is 0.648. The van der Waals surface area contributed by atoms with E-state index in [2.05, 4.69) is 21.4 Å². The van der Waals surface area contributed by atoms with Crippen molar-refractivity contribution in [2.24, 2.45) is 11.8 Å². The zero-order chi connectivity index (χ0) is 9.97. The Morgan fingerprint density at radius 3 is 2.71 bits per heavy atom. The van der Waals surface area contributed by atoms with E-state index >= 15 is 0 Å². The summed E-state index contributed by atoms with van der Waals surface area (Å²) in [5.41, 5.74) is 2.86. The third kappa shape index (κ3) is 1.87. The molecule has 1 saturated carbocycles. The fourth-order valence-corrected chi connectivity index (χ4v) is 2.69. The van der Waals surface area contributed by atoms with Gasteiger partial charge in [0.25, 0.3) is 0 Å². The molecule has 0 bridgehead atoms. The lowest BCUT2D eigenvalue weighted by atomic mass is 9.97. The first-order chi connectivity index (χ1) is 6.83. The zero-order valence-electron chi connectivity index (χ0n) is 8.00. The Hall–Kier alpha value is -0.320. The molecule has 14 heavy (non-hydrogen) atoms. The van der Waals surface area contributed by atoms with Crippen LogP contribution in [0.5, 0.6) is 0 Å². The van der Waals surface area contributed by atoms with Gasteiger partial charge in [0.05, 0.1) is 16.8 Å². The minimum atomic E-state index is 0.155. The number of nitrogens with two attached hydrogens (primary N) is 1. The highest BCUT2D eigenvalue weighted by Gasteiger charge is 2.28. The van der Waals surface area contributed by atoms with Crippen LogP contribution < -0.4 is 11.3 Å². The van der Waals surface area contributed by atoms with E-state index in [0.717, 1.165) is 10.2 Å². The van der Waals surface area contributed by atoms with Gasteiger partial charge in [-0.2, -0.15) is 0 Å². The zero-order valence-corrected chi connectivity index (χ0v) is 9.59. The minimum Gasteiger partial charge on any atom is -0.466 e. The van der Waals surface area contributed by atoms with Gasteiger partial charge >= 0.3 is 0 Å². The van der Waals surface area contributed by atoms with Crippen LogP contribution in [0.15, 0.2) is 21.2 Å². The Balaban J connectivity index is 2.16. The van der Waals surface area contributed by atoms with Gasteiger partial charge in [0.15, 0.2) is 0 Å². The molecule has 0 saturated heterocycles. The molecule has 78 valence electrons. The molecule has 3 nitrogen and oxygen atoms in total. The predicted octanol–water partition coefficient (Wildman–Crippen LogP) is 2.74. The lowest BCUT2D eigenvalue weighted by molar-refractivity contribution is 0.314. The van der Waals surface area contributed by atoms with Gasteiger partial charge in [-0.3, -0.25) is 5.84 Å². The first-order valence-corrected chi connectivity index (χ1v) is 5.81. The summed E-state index contributed by atoms with van der Waals surface area (Å²) < 4.78 is 6.45. The highest BCUT2D eigenvalue weighted by molar-refractivity contribution is 9.10. The fourth-order valence-electron chi connectivity index (χ4n) is 2.24. The molecule has 1 aromatic rings. The molecule has 0 amide bonds. The minimum absolute atomic E-state index is 0.155. The number of hydrogen-bond acceptors (Lipinski definition) is 3. The third-order valence-corrected chi connectivity index (χ3v) is 3.63. The van der Waals surface area contributed by atoms with Crippen LogP contribution in [0.3, 0.4) is 0 Å². The first kappa shape index (κ1) is 10.2. The van der Waals surface area contributed by atoms with Crippen LogP contribution in [0.4, 0.5) is 0 Å². The molecule has 0 aromatic carbocycles. The molecule has 1 aromatic heterocycles. The van der Waals surface area contributed by atoms with Crippen molar-refractivity contribution in [3.8, 4) is 0 Å². The maximum absolute atomic E-state index is 5.58. The molecular formula is C10H15BrN2O. The lowest BCUT2D eigenvalue weighted by Gasteiger charge is -2.20. The monoisotopic (exact) mass is 258 g/mol. The van der Waals surface area contributed by atoms with Crippen LogP contribution >= 0.6 is 15.9 Å². The van der Waals surface area contributed by atoms with Crippen molar-refractivity contribution in [3.63, 3.8) is 0 Å². The highest BCUT2D eigenvalue weighted by atomic mass is 79.9. The summed E-state index contributed by atoms with van der Waals surface area (Å²) in [6.07, 6.45) is 6.78. The maximum Gasteiger partial charge on any atom is 0.136 e. The summed E-state index contributed by atoms with van der Waals surface area (Å²) in [4.78, 5) is 0. The van der Waals surface area contributed by atoms with E-state index in [4.69, 9.17) is 10.3 Å². The second-order valence-electron chi connectivity index (χ2n) is 3.82. The van der Waals surface area contributed by atoms with Crippen LogP contribution in [-0.2, 0) is 0 Å². The van der Waals surface area contributed by atoms with E-state index in [1.807, 2.05) is 6.07 Å². The number of nitrogens with one attached hydrogen (secondary N) is 1. The molecule has 1 heterocycles. The average Bonchev–Trinajstić information content (AvgIpc) is 2.80. The molecule has 1 fully saturated rings. The largest absolute Gasteiger partial charge is 0.466 e. The van der Waals surface area contributed by atoms with Gasteiger partial charge in [-0.25, -0.2) is 5.43 Å². The summed E-state index contributed by atoms with van der Waals surface area (Å²) in [6.45, 7) is 0. The molecule has 1 aliphatic rings. The number of furan rings is 1. The van der Waals surface area contributed by atoms with Crippen molar-refractivity contribution < 1.29 is 4.42 Å². The SMILES string of the molecule is NNC(c1occc1Br)C1CCCC1. The average molecular weight is 259 g/mol. The van der Waals surface area contributed by atoms with Crippen LogP contribution in [0.1, 0.15) is 37.5 Å². The van der Waals surface area contributed by atoms with Crippen LogP contribution in [0.25, 0.3) is 0 Å². The van der Waals surface area contributed by atoms with Crippen molar-refractivity contribution in [2.75, 3.05) is 0 Å². The van der Waals surface area contributed by atoms with Crippen LogP contribution in [0.2, 0.25) is 0 Å². The molecular weight excluding hydrogens is 244 g/mol. The Labute approximate surface area is 92.1 Å². The van der Waals surface area contributed by atoms with E-state index < -0.39 is 0 Å². The van der Waals surface area contributed by atoms with Gasteiger partial charge in [0.2, 0.25) is 0 Å². The van der Waals surface area contributed by atoms with E-state index in [0.29, 0.717) is 5.92 Å². The number of hydrazine groups is 1. The van der Waals surface area contributed by atoms with Gasteiger partial charge in [-0.1, -0.05) is 12.8 Å². The van der Waals surface area contributed by atoms with E-state index in [9.17, 15) is 0 Å². The molecule has 0 aliphatic heterocycles. The normalized spacial score (nSPS) is 20.1. The standard InChI is InChI=1S/C10H15BrN2O/c11-8-5-6-14-10(8)9(13-12)7-3-1-2-4-7/h5-7,9,13H,1-4,12H2. The van der Waals surface area contributed by atoms with E-state index in [-0.39, 0.29) is 6.04 Å². The maximum atomic E-state index is 5.58. The Morgan fingerprint density at radius 2 is 2.21 bits per heavy atom. The van der Waals surface area contributed by atoms with Crippen molar-refractivity contribution in [1.29, 1.82) is 0 Å². The van der Waals surface area contributed by atoms with Crippen LogP contribution in [0, 0.1) is 5.92 Å². The molecule has 2 rings (SSSR count). The van der Waals surface area contributed by atoms with Gasteiger partial charge in [-0.05, 0) is 40.8 Å². The van der Waals surface area contributed by atoms with Gasteiger partial charge in [0, 0.05) is 0 Å². The molecule has 4 heteroatoms. The molecule has 3 N–H and O–H groups in total. The van der Waals surface area contributed by atoms with Crippen LogP contribution in [-0.4, -0.2) is 0 Å². The van der Waals surface area contributed by atoms with Crippen molar-refractivity contribution in [2.45, 2.75) is 31.7 Å². The second-order valence-corrected chi connectivity index (χ2v) is 4.68. The Morgan fingerprint density at radius 1 is 1.50 bits per heavy atom. The molecule has 1 aliphatic carbocycles.